The van der Waals surface area contributed by atoms with E-state index in [0.717, 1.165) is 0 Å². The van der Waals surface area contributed by atoms with Crippen LogP contribution in [0.1, 0.15) is 0 Å². The van der Waals surface area contributed by atoms with Crippen molar-refractivity contribution in [2.75, 3.05) is 20.3 Å². The number of aromatic hydroxyl groups is 1. The van der Waals surface area contributed by atoms with Gasteiger partial charge in [0.05, 0.1) is 23.8 Å². The van der Waals surface area contributed by atoms with Gasteiger partial charge in [0.1, 0.15) is 6.61 Å². The molecule has 1 aromatic carbocycles. The number of ether oxygens (including phenoxy) is 2. The van der Waals surface area contributed by atoms with Gasteiger partial charge in [0.25, 0.3) is 5.56 Å². The number of H-pyrrole nitrogens is 1. The van der Waals surface area contributed by atoms with Gasteiger partial charge in [-0.1, -0.05) is 0 Å². The summed E-state index contributed by atoms with van der Waals surface area (Å²) in [5, 5.41) is 10.0. The maximum Gasteiger partial charge on any atom is 0.258 e. The maximum atomic E-state index is 11.4. The zero-order valence-electron chi connectivity index (χ0n) is 9.27. The number of hydrogen-bond acceptors (Lipinski definition) is 5. The summed E-state index contributed by atoms with van der Waals surface area (Å²) in [6, 6.07) is 2.86. The van der Waals surface area contributed by atoms with E-state index in [2.05, 4.69) is 9.97 Å². The number of methoxy groups -OCH3 is 1. The Hall–Kier alpha value is -2.08. The first-order valence-corrected chi connectivity index (χ1v) is 5.04. The number of fused-ring (bicyclic) bond motifs is 1. The standard InChI is InChI=1S/C11H12N2O4/c1-16-2-3-17-10-5-8-7(4-9(10)14)11(15)13-6-12-8/h4-6,14H,2-3H2,1H3,(H,12,13,15). The Morgan fingerprint density at radius 2 is 2.24 bits per heavy atom. The summed E-state index contributed by atoms with van der Waals surface area (Å²) in [5.41, 5.74) is 0.174. The molecule has 0 saturated carbocycles. The molecule has 0 atom stereocenters. The molecule has 2 N–H and O–H groups in total. The number of aromatic nitrogens is 2. The van der Waals surface area contributed by atoms with Gasteiger partial charge in [-0.3, -0.25) is 4.79 Å². The lowest BCUT2D eigenvalue weighted by Gasteiger charge is -2.08. The summed E-state index contributed by atoms with van der Waals surface area (Å²) in [7, 11) is 1.56. The number of phenolic OH excluding ortho intramolecular Hbond substituents is 1. The lowest BCUT2D eigenvalue weighted by molar-refractivity contribution is 0.144. The van der Waals surface area contributed by atoms with E-state index >= 15 is 0 Å². The summed E-state index contributed by atoms with van der Waals surface area (Å²) in [6.07, 6.45) is 1.31. The van der Waals surface area contributed by atoms with Crippen molar-refractivity contribution in [1.82, 2.24) is 9.97 Å². The van der Waals surface area contributed by atoms with Crippen LogP contribution in [0.15, 0.2) is 23.3 Å². The van der Waals surface area contributed by atoms with Gasteiger partial charge in [0.2, 0.25) is 0 Å². The Kier molecular flexibility index (Phi) is 3.24. The second-order valence-electron chi connectivity index (χ2n) is 3.41. The van der Waals surface area contributed by atoms with Crippen molar-refractivity contribution >= 4 is 10.9 Å². The average Bonchev–Trinajstić information content (AvgIpc) is 2.31. The highest BCUT2D eigenvalue weighted by atomic mass is 16.5. The van der Waals surface area contributed by atoms with E-state index in [1.807, 2.05) is 0 Å². The summed E-state index contributed by atoms with van der Waals surface area (Å²) in [6.45, 7) is 0.735. The third-order valence-electron chi connectivity index (χ3n) is 2.27. The fourth-order valence-electron chi connectivity index (χ4n) is 1.44. The molecule has 0 bridgehead atoms. The van der Waals surface area contributed by atoms with E-state index in [1.165, 1.54) is 18.5 Å². The van der Waals surface area contributed by atoms with Crippen LogP contribution in [0.25, 0.3) is 10.9 Å². The molecule has 0 amide bonds. The quantitative estimate of drug-likeness (QED) is 0.761. The lowest BCUT2D eigenvalue weighted by Crippen LogP contribution is -2.07. The molecule has 1 heterocycles. The van der Waals surface area contributed by atoms with E-state index in [0.29, 0.717) is 24.1 Å². The minimum atomic E-state index is -0.297. The van der Waals surface area contributed by atoms with Gasteiger partial charge in [0.15, 0.2) is 11.5 Å². The lowest BCUT2D eigenvalue weighted by atomic mass is 10.2. The summed E-state index contributed by atoms with van der Waals surface area (Å²) < 4.78 is 10.1. The summed E-state index contributed by atoms with van der Waals surface area (Å²) >= 11 is 0. The van der Waals surface area contributed by atoms with E-state index in [9.17, 15) is 9.90 Å². The molecule has 0 saturated heterocycles. The minimum Gasteiger partial charge on any atom is -0.504 e. The van der Waals surface area contributed by atoms with Gasteiger partial charge in [0, 0.05) is 13.2 Å². The highest BCUT2D eigenvalue weighted by Gasteiger charge is 2.08. The van der Waals surface area contributed by atoms with Crippen LogP contribution >= 0.6 is 0 Å². The Morgan fingerprint density at radius 1 is 1.41 bits per heavy atom. The molecule has 0 aliphatic rings. The van der Waals surface area contributed by atoms with Crippen LogP contribution < -0.4 is 10.3 Å². The normalized spacial score (nSPS) is 10.6. The second kappa shape index (κ2) is 4.84. The molecule has 0 radical (unpaired) electrons. The molecule has 2 aromatic rings. The predicted molar refractivity (Wildman–Crippen MR) is 61.4 cm³/mol. The highest BCUT2D eigenvalue weighted by molar-refractivity contribution is 5.81. The molecule has 1 aromatic heterocycles. The fourth-order valence-corrected chi connectivity index (χ4v) is 1.44. The number of phenols is 1. The zero-order valence-corrected chi connectivity index (χ0v) is 9.27. The van der Waals surface area contributed by atoms with Crippen molar-refractivity contribution < 1.29 is 14.6 Å². The number of benzene rings is 1. The second-order valence-corrected chi connectivity index (χ2v) is 3.41. The van der Waals surface area contributed by atoms with E-state index in [-0.39, 0.29) is 17.1 Å². The third kappa shape index (κ3) is 2.36. The maximum absolute atomic E-state index is 11.4. The SMILES string of the molecule is COCCOc1cc2nc[nH]c(=O)c2cc1O. The van der Waals surface area contributed by atoms with Crippen LogP contribution in [0.3, 0.4) is 0 Å². The van der Waals surface area contributed by atoms with E-state index in [4.69, 9.17) is 9.47 Å². The molecule has 6 heteroatoms. The van der Waals surface area contributed by atoms with Crippen LogP contribution in [-0.4, -0.2) is 35.4 Å². The van der Waals surface area contributed by atoms with Crippen LogP contribution in [0.2, 0.25) is 0 Å². The van der Waals surface area contributed by atoms with Gasteiger partial charge >= 0.3 is 0 Å². The summed E-state index contributed by atoms with van der Waals surface area (Å²) in [5.74, 6) is 0.194. The molecule has 0 aliphatic heterocycles. The molecule has 0 fully saturated rings. The van der Waals surface area contributed by atoms with Crippen molar-refractivity contribution in [1.29, 1.82) is 0 Å². The largest absolute Gasteiger partial charge is 0.504 e. The van der Waals surface area contributed by atoms with Gasteiger partial charge in [-0.15, -0.1) is 0 Å². The summed E-state index contributed by atoms with van der Waals surface area (Å²) in [4.78, 5) is 17.9. The Bertz CT molecular complexity index is 579. The number of aromatic amines is 1. The monoisotopic (exact) mass is 236 g/mol. The van der Waals surface area contributed by atoms with E-state index < -0.39 is 0 Å². The predicted octanol–water partition coefficient (Wildman–Crippen LogP) is 0.654. The van der Waals surface area contributed by atoms with Crippen LogP contribution in [0.5, 0.6) is 11.5 Å². The Balaban J connectivity index is 2.38. The van der Waals surface area contributed by atoms with Gasteiger partial charge in [-0.25, -0.2) is 4.98 Å². The smallest absolute Gasteiger partial charge is 0.258 e. The molecule has 2 rings (SSSR count). The number of hydrogen-bond donors (Lipinski definition) is 2. The molecule has 17 heavy (non-hydrogen) atoms. The first-order valence-electron chi connectivity index (χ1n) is 5.04. The molecular weight excluding hydrogens is 224 g/mol. The molecule has 0 spiro atoms. The van der Waals surface area contributed by atoms with E-state index in [1.54, 1.807) is 7.11 Å². The minimum absolute atomic E-state index is 0.0906. The molecule has 6 nitrogen and oxygen atoms in total. The Morgan fingerprint density at radius 3 is 3.00 bits per heavy atom. The van der Waals surface area contributed by atoms with Crippen molar-refractivity contribution in [3.63, 3.8) is 0 Å². The number of nitrogens with one attached hydrogen (secondary N) is 1. The van der Waals surface area contributed by atoms with Crippen LogP contribution in [-0.2, 0) is 4.74 Å². The topological polar surface area (TPSA) is 84.4 Å². The van der Waals surface area contributed by atoms with Crippen molar-refractivity contribution in [3.05, 3.63) is 28.8 Å². The first-order chi connectivity index (χ1) is 8.22. The molecule has 0 aliphatic carbocycles. The van der Waals surface area contributed by atoms with Gasteiger partial charge < -0.3 is 19.6 Å². The molecule has 90 valence electrons. The van der Waals surface area contributed by atoms with Crippen LogP contribution in [0.4, 0.5) is 0 Å². The zero-order chi connectivity index (χ0) is 12.3. The third-order valence-corrected chi connectivity index (χ3v) is 2.27. The fraction of sp³-hybridized carbons (Fsp3) is 0.273. The van der Waals surface area contributed by atoms with Crippen molar-refractivity contribution in [2.45, 2.75) is 0 Å². The average molecular weight is 236 g/mol. The molecule has 0 unspecified atom stereocenters. The van der Waals surface area contributed by atoms with Crippen molar-refractivity contribution in [3.8, 4) is 11.5 Å². The van der Waals surface area contributed by atoms with Crippen molar-refractivity contribution in [2.24, 2.45) is 0 Å². The van der Waals surface area contributed by atoms with Gasteiger partial charge in [-0.2, -0.15) is 0 Å². The number of rotatable bonds is 4. The highest BCUT2D eigenvalue weighted by Crippen LogP contribution is 2.28. The molecular formula is C11H12N2O4. The first kappa shape index (κ1) is 11.4. The van der Waals surface area contributed by atoms with Crippen LogP contribution in [0, 0.1) is 0 Å². The Labute approximate surface area is 96.8 Å². The number of nitrogens with zero attached hydrogens (tertiary/aromatic N) is 1. The van der Waals surface area contributed by atoms with Gasteiger partial charge in [-0.05, 0) is 6.07 Å².